The smallest absolute Gasteiger partial charge is 0.343 e. The van der Waals surface area contributed by atoms with Crippen molar-refractivity contribution in [2.75, 3.05) is 13.4 Å². The fourth-order valence-corrected chi connectivity index (χ4v) is 3.13. The zero-order valence-electron chi connectivity index (χ0n) is 16.9. The lowest BCUT2D eigenvalue weighted by Crippen LogP contribution is -2.24. The monoisotopic (exact) mass is 486 g/mol. The van der Waals surface area contributed by atoms with Gasteiger partial charge in [0.05, 0.1) is 16.8 Å². The number of hydrogen-bond donors (Lipinski definition) is 1. The molecule has 3 aromatic carbocycles. The molecular formula is C23H16Cl2N2O6. The summed E-state index contributed by atoms with van der Waals surface area (Å²) in [6.07, 6.45) is 1.35. The number of halogens is 2. The minimum atomic E-state index is -0.579. The van der Waals surface area contributed by atoms with Crippen LogP contribution in [0.2, 0.25) is 10.0 Å². The molecule has 1 heterocycles. The Bertz CT molecular complexity index is 1230. The second-order valence-corrected chi connectivity index (χ2v) is 7.50. The van der Waals surface area contributed by atoms with E-state index in [1.807, 2.05) is 0 Å². The first-order valence-corrected chi connectivity index (χ1v) is 10.4. The minimum Gasteiger partial charge on any atom is -0.482 e. The van der Waals surface area contributed by atoms with Crippen LogP contribution >= 0.6 is 23.2 Å². The molecule has 168 valence electrons. The van der Waals surface area contributed by atoms with E-state index in [-0.39, 0.29) is 24.9 Å². The molecule has 0 fully saturated rings. The lowest BCUT2D eigenvalue weighted by molar-refractivity contribution is -0.123. The summed E-state index contributed by atoms with van der Waals surface area (Å²) in [4.78, 5) is 24.6. The van der Waals surface area contributed by atoms with Crippen LogP contribution in [0.1, 0.15) is 15.9 Å². The van der Waals surface area contributed by atoms with Crippen molar-refractivity contribution in [2.45, 2.75) is 0 Å². The number of carbonyl (C=O) groups excluding carboxylic acids is 2. The van der Waals surface area contributed by atoms with Gasteiger partial charge in [-0.1, -0.05) is 35.3 Å². The van der Waals surface area contributed by atoms with Crippen molar-refractivity contribution in [1.29, 1.82) is 0 Å². The van der Waals surface area contributed by atoms with E-state index in [2.05, 4.69) is 10.5 Å². The number of para-hydroxylation sites is 1. The molecule has 0 aromatic heterocycles. The molecule has 1 aliphatic rings. The van der Waals surface area contributed by atoms with Gasteiger partial charge in [0.25, 0.3) is 5.91 Å². The Kier molecular flexibility index (Phi) is 6.97. The highest BCUT2D eigenvalue weighted by molar-refractivity contribution is 6.34. The second kappa shape index (κ2) is 10.2. The van der Waals surface area contributed by atoms with Gasteiger partial charge in [-0.2, -0.15) is 5.10 Å². The molecule has 4 rings (SSSR count). The average molecular weight is 487 g/mol. The number of nitrogens with zero attached hydrogens (tertiary/aromatic N) is 1. The Hall–Kier alpha value is -3.75. The molecule has 33 heavy (non-hydrogen) atoms. The van der Waals surface area contributed by atoms with Crippen LogP contribution in [-0.2, 0) is 4.79 Å². The van der Waals surface area contributed by atoms with Crippen molar-refractivity contribution in [3.05, 3.63) is 81.8 Å². The van der Waals surface area contributed by atoms with Gasteiger partial charge in [0.2, 0.25) is 6.79 Å². The van der Waals surface area contributed by atoms with Crippen LogP contribution in [0.3, 0.4) is 0 Å². The lowest BCUT2D eigenvalue weighted by atomic mass is 10.2. The maximum atomic E-state index is 12.5. The Balaban J connectivity index is 1.35. The van der Waals surface area contributed by atoms with Crippen molar-refractivity contribution in [3.63, 3.8) is 0 Å². The molecule has 0 atom stereocenters. The van der Waals surface area contributed by atoms with Gasteiger partial charge >= 0.3 is 5.97 Å². The molecule has 0 saturated heterocycles. The van der Waals surface area contributed by atoms with Crippen molar-refractivity contribution in [3.8, 4) is 23.0 Å². The summed E-state index contributed by atoms with van der Waals surface area (Å²) in [6, 6.07) is 16.2. The van der Waals surface area contributed by atoms with E-state index in [4.69, 9.17) is 42.1 Å². The van der Waals surface area contributed by atoms with E-state index in [9.17, 15) is 9.59 Å². The molecule has 3 aromatic rings. The van der Waals surface area contributed by atoms with Crippen molar-refractivity contribution in [1.82, 2.24) is 5.43 Å². The van der Waals surface area contributed by atoms with Crippen LogP contribution in [-0.4, -0.2) is 31.5 Å². The predicted molar refractivity (Wildman–Crippen MR) is 122 cm³/mol. The van der Waals surface area contributed by atoms with Gasteiger partial charge in [0, 0.05) is 16.7 Å². The first kappa shape index (κ1) is 22.4. The number of fused-ring (bicyclic) bond motifs is 1. The molecule has 8 nitrogen and oxygen atoms in total. The fraction of sp³-hybridized carbons (Fsp3) is 0.0870. The largest absolute Gasteiger partial charge is 0.482 e. The molecule has 0 spiro atoms. The topological polar surface area (TPSA) is 95.5 Å². The molecule has 1 aliphatic heterocycles. The van der Waals surface area contributed by atoms with E-state index in [0.717, 1.165) is 0 Å². The standard InChI is InChI=1S/C23H16Cl2N2O6/c24-16-6-7-17(25)20(10-16)30-12-22(28)27-26-11-15-3-1-2-4-18(15)33-23(29)14-5-8-19-21(9-14)32-13-31-19/h1-11H,12-13H2,(H,27,28)/b26-11-. The van der Waals surface area contributed by atoms with Gasteiger partial charge in [0.1, 0.15) is 11.5 Å². The van der Waals surface area contributed by atoms with Crippen LogP contribution in [0.5, 0.6) is 23.0 Å². The molecule has 1 amide bonds. The summed E-state index contributed by atoms with van der Waals surface area (Å²) in [6.45, 7) is -0.214. The Morgan fingerprint density at radius 1 is 1.00 bits per heavy atom. The maximum Gasteiger partial charge on any atom is 0.343 e. The second-order valence-electron chi connectivity index (χ2n) is 6.65. The van der Waals surface area contributed by atoms with Gasteiger partial charge in [-0.25, -0.2) is 10.2 Å². The Morgan fingerprint density at radius 3 is 2.70 bits per heavy atom. The third-order valence-corrected chi connectivity index (χ3v) is 4.92. The number of hydrogen-bond acceptors (Lipinski definition) is 7. The highest BCUT2D eigenvalue weighted by Crippen LogP contribution is 2.33. The highest BCUT2D eigenvalue weighted by Gasteiger charge is 2.18. The third-order valence-electron chi connectivity index (χ3n) is 4.37. The number of hydrazone groups is 1. The normalized spacial score (nSPS) is 11.9. The Morgan fingerprint density at radius 2 is 1.82 bits per heavy atom. The summed E-state index contributed by atoms with van der Waals surface area (Å²) in [5.74, 6) is 0.492. The lowest BCUT2D eigenvalue weighted by Gasteiger charge is -2.08. The van der Waals surface area contributed by atoms with Crippen LogP contribution in [0.4, 0.5) is 0 Å². The van der Waals surface area contributed by atoms with Gasteiger partial charge in [-0.05, 0) is 42.5 Å². The van der Waals surface area contributed by atoms with Crippen molar-refractivity contribution < 1.29 is 28.5 Å². The van der Waals surface area contributed by atoms with E-state index >= 15 is 0 Å². The number of carbonyl (C=O) groups is 2. The summed E-state index contributed by atoms with van der Waals surface area (Å²) in [7, 11) is 0. The van der Waals surface area contributed by atoms with Gasteiger partial charge < -0.3 is 18.9 Å². The summed E-state index contributed by atoms with van der Waals surface area (Å²) < 4.78 is 21.4. The van der Waals surface area contributed by atoms with Crippen LogP contribution in [0.15, 0.2) is 65.8 Å². The third kappa shape index (κ3) is 5.74. The van der Waals surface area contributed by atoms with Crippen LogP contribution in [0, 0.1) is 0 Å². The van der Waals surface area contributed by atoms with E-state index < -0.39 is 11.9 Å². The SMILES string of the molecule is O=C(COc1cc(Cl)ccc1Cl)N/N=C\c1ccccc1OC(=O)c1ccc2c(c1)OCO2. The van der Waals surface area contributed by atoms with E-state index in [1.54, 1.807) is 54.6 Å². The number of ether oxygens (including phenoxy) is 4. The molecule has 1 N–H and O–H groups in total. The van der Waals surface area contributed by atoms with Gasteiger partial charge in [0.15, 0.2) is 18.1 Å². The van der Waals surface area contributed by atoms with Crippen molar-refractivity contribution in [2.24, 2.45) is 5.10 Å². The molecular weight excluding hydrogens is 471 g/mol. The van der Waals surface area contributed by atoms with Crippen LogP contribution in [0.25, 0.3) is 0 Å². The van der Waals surface area contributed by atoms with Gasteiger partial charge in [-0.3, -0.25) is 4.79 Å². The van der Waals surface area contributed by atoms with E-state index in [0.29, 0.717) is 32.7 Å². The number of amides is 1. The minimum absolute atomic E-state index is 0.107. The predicted octanol–water partition coefficient (Wildman–Crippen LogP) is 4.47. The molecule has 0 aliphatic carbocycles. The average Bonchev–Trinajstić information content (AvgIpc) is 3.29. The molecule has 0 unspecified atom stereocenters. The highest BCUT2D eigenvalue weighted by atomic mass is 35.5. The maximum absolute atomic E-state index is 12.5. The number of esters is 1. The zero-order valence-corrected chi connectivity index (χ0v) is 18.4. The fourth-order valence-electron chi connectivity index (χ4n) is 2.80. The Labute approximate surface area is 198 Å². The van der Waals surface area contributed by atoms with Gasteiger partial charge in [-0.15, -0.1) is 0 Å². The first-order chi connectivity index (χ1) is 16.0. The zero-order chi connectivity index (χ0) is 23.2. The van der Waals surface area contributed by atoms with Crippen LogP contribution < -0.4 is 24.4 Å². The first-order valence-electron chi connectivity index (χ1n) is 9.60. The molecule has 0 radical (unpaired) electrons. The molecule has 0 saturated carbocycles. The number of nitrogens with one attached hydrogen (secondary N) is 1. The van der Waals surface area contributed by atoms with Crippen molar-refractivity contribution >= 4 is 41.3 Å². The quantitative estimate of drug-likeness (QED) is 0.229. The molecule has 10 heteroatoms. The van der Waals surface area contributed by atoms with E-state index in [1.165, 1.54) is 12.3 Å². The molecule has 0 bridgehead atoms. The number of benzene rings is 3. The summed E-state index contributed by atoms with van der Waals surface area (Å²) in [5.41, 5.74) is 3.11. The summed E-state index contributed by atoms with van der Waals surface area (Å²) >= 11 is 11.9. The summed E-state index contributed by atoms with van der Waals surface area (Å²) in [5, 5.41) is 4.65. The number of rotatable bonds is 7.